The number of carbonyl (C=O) groups excluding carboxylic acids is 2. The Labute approximate surface area is 244 Å². The van der Waals surface area contributed by atoms with Gasteiger partial charge in [0.15, 0.2) is 0 Å². The van der Waals surface area contributed by atoms with Crippen LogP contribution in [0.15, 0.2) is 108 Å². The molecule has 4 aromatic carbocycles. The van der Waals surface area contributed by atoms with Gasteiger partial charge in [-0.1, -0.05) is 60.7 Å². The van der Waals surface area contributed by atoms with Crippen molar-refractivity contribution in [2.75, 3.05) is 31.5 Å². The summed E-state index contributed by atoms with van der Waals surface area (Å²) in [6, 6.07) is 32.0. The van der Waals surface area contributed by atoms with Crippen molar-refractivity contribution in [1.82, 2.24) is 14.2 Å². The molecule has 1 saturated heterocycles. The number of fused-ring (bicyclic) bond motifs is 1. The Morgan fingerprint density at radius 3 is 2.00 bits per heavy atom. The minimum absolute atomic E-state index is 0.130. The smallest absolute Gasteiger partial charge is 0.253 e. The lowest BCUT2D eigenvalue weighted by Crippen LogP contribution is -2.50. The summed E-state index contributed by atoms with van der Waals surface area (Å²) in [4.78, 5) is 30.3. The molecule has 42 heavy (non-hydrogen) atoms. The minimum atomic E-state index is -3.73. The lowest BCUT2D eigenvalue weighted by molar-refractivity contribution is -0.114. The molecule has 1 aliphatic heterocycles. The van der Waals surface area contributed by atoms with Crippen molar-refractivity contribution < 1.29 is 18.0 Å². The number of benzene rings is 4. The SMILES string of the molecule is CC(=O)Nc1ccc(S(=O)(=O)N2CCN(C(=O)c3ccc4[nH]c(-c5ccccc5)c(-c5ccccc5)c4c3)CC2)cc1. The second kappa shape index (κ2) is 11.3. The van der Waals surface area contributed by atoms with Crippen molar-refractivity contribution >= 4 is 38.4 Å². The number of anilines is 1. The van der Waals surface area contributed by atoms with Crippen molar-refractivity contribution in [1.29, 1.82) is 0 Å². The third-order valence-corrected chi connectivity index (χ3v) is 9.42. The number of H-pyrrole nitrogens is 1. The highest BCUT2D eigenvalue weighted by Crippen LogP contribution is 2.38. The number of sulfonamides is 1. The first-order chi connectivity index (χ1) is 20.3. The van der Waals surface area contributed by atoms with Crippen LogP contribution in [0.4, 0.5) is 5.69 Å². The Hall–Kier alpha value is -4.73. The van der Waals surface area contributed by atoms with Gasteiger partial charge in [-0.2, -0.15) is 4.31 Å². The summed E-state index contributed by atoms with van der Waals surface area (Å²) in [5.74, 6) is -0.356. The van der Waals surface area contributed by atoms with E-state index in [2.05, 4.69) is 34.6 Å². The maximum Gasteiger partial charge on any atom is 0.253 e. The number of piperazine rings is 1. The second-order valence-electron chi connectivity index (χ2n) is 10.3. The van der Waals surface area contributed by atoms with Crippen molar-refractivity contribution in [2.24, 2.45) is 0 Å². The van der Waals surface area contributed by atoms with Crippen LogP contribution in [0.2, 0.25) is 0 Å². The van der Waals surface area contributed by atoms with E-state index in [1.54, 1.807) is 17.0 Å². The van der Waals surface area contributed by atoms with Gasteiger partial charge in [-0.15, -0.1) is 0 Å². The predicted octanol–water partition coefficient (Wildman–Crippen LogP) is 5.61. The van der Waals surface area contributed by atoms with Crippen molar-refractivity contribution in [3.05, 3.63) is 109 Å². The fraction of sp³-hybridized carbons (Fsp3) is 0.152. The largest absolute Gasteiger partial charge is 0.354 e. The number of nitrogens with one attached hydrogen (secondary N) is 2. The molecule has 2 heterocycles. The molecule has 0 unspecified atom stereocenters. The van der Waals surface area contributed by atoms with Crippen LogP contribution < -0.4 is 5.32 Å². The monoisotopic (exact) mass is 578 g/mol. The number of hydrogen-bond acceptors (Lipinski definition) is 4. The first-order valence-electron chi connectivity index (χ1n) is 13.7. The fourth-order valence-electron chi connectivity index (χ4n) is 5.43. The number of nitrogens with zero attached hydrogens (tertiary/aromatic N) is 2. The molecule has 0 atom stereocenters. The molecule has 8 nitrogen and oxygen atoms in total. The molecule has 0 aliphatic carbocycles. The maximum absolute atomic E-state index is 13.6. The highest BCUT2D eigenvalue weighted by atomic mass is 32.2. The van der Waals surface area contributed by atoms with Crippen molar-refractivity contribution in [2.45, 2.75) is 11.8 Å². The van der Waals surface area contributed by atoms with E-state index < -0.39 is 10.0 Å². The highest BCUT2D eigenvalue weighted by molar-refractivity contribution is 7.89. The fourth-order valence-corrected chi connectivity index (χ4v) is 6.85. The lowest BCUT2D eigenvalue weighted by Gasteiger charge is -2.34. The molecule has 9 heteroatoms. The molecular formula is C33H30N4O4S. The van der Waals surface area contributed by atoms with Gasteiger partial charge in [-0.05, 0) is 53.6 Å². The zero-order valence-corrected chi connectivity index (χ0v) is 23.9. The van der Waals surface area contributed by atoms with E-state index in [4.69, 9.17) is 0 Å². The van der Waals surface area contributed by atoms with Gasteiger partial charge in [0.05, 0.1) is 10.6 Å². The Morgan fingerprint density at radius 2 is 1.38 bits per heavy atom. The summed E-state index contributed by atoms with van der Waals surface area (Å²) >= 11 is 0. The normalized spacial score (nSPS) is 14.2. The van der Waals surface area contributed by atoms with Gasteiger partial charge in [0.1, 0.15) is 0 Å². The summed E-state index contributed by atoms with van der Waals surface area (Å²) in [6.45, 7) is 2.36. The molecular weight excluding hydrogens is 548 g/mol. The molecule has 1 aromatic heterocycles. The number of amides is 2. The average Bonchev–Trinajstić information content (AvgIpc) is 3.40. The van der Waals surface area contributed by atoms with Crippen LogP contribution in [-0.4, -0.2) is 60.6 Å². The van der Waals surface area contributed by atoms with Gasteiger partial charge < -0.3 is 15.2 Å². The number of rotatable bonds is 6. The second-order valence-corrected chi connectivity index (χ2v) is 12.2. The number of aromatic amines is 1. The van der Waals surface area contributed by atoms with E-state index in [1.165, 1.54) is 23.4 Å². The number of hydrogen-bond donors (Lipinski definition) is 2. The van der Waals surface area contributed by atoms with Crippen LogP contribution in [-0.2, 0) is 14.8 Å². The van der Waals surface area contributed by atoms with Gasteiger partial charge in [-0.3, -0.25) is 9.59 Å². The minimum Gasteiger partial charge on any atom is -0.354 e. The summed E-state index contributed by atoms with van der Waals surface area (Å²) in [5, 5.41) is 3.59. The molecule has 0 radical (unpaired) electrons. The first kappa shape index (κ1) is 27.4. The Bertz CT molecular complexity index is 1860. The van der Waals surface area contributed by atoms with Gasteiger partial charge >= 0.3 is 0 Å². The Morgan fingerprint density at radius 1 is 0.762 bits per heavy atom. The molecule has 2 N–H and O–H groups in total. The molecule has 6 rings (SSSR count). The van der Waals surface area contributed by atoms with E-state index in [0.29, 0.717) is 11.3 Å². The molecule has 2 amide bonds. The topological polar surface area (TPSA) is 103 Å². The van der Waals surface area contributed by atoms with Crippen molar-refractivity contribution in [3.63, 3.8) is 0 Å². The van der Waals surface area contributed by atoms with E-state index >= 15 is 0 Å². The van der Waals surface area contributed by atoms with Crippen LogP contribution in [0.1, 0.15) is 17.3 Å². The van der Waals surface area contributed by atoms with E-state index in [-0.39, 0.29) is 42.9 Å². The lowest BCUT2D eigenvalue weighted by atomic mass is 9.97. The standard InChI is InChI=1S/C33H30N4O4S/c1-23(38)34-27-13-15-28(16-14-27)42(40,41)37-20-18-36(19-21-37)33(39)26-12-17-30-29(22-26)31(24-8-4-2-5-9-24)32(35-30)25-10-6-3-7-11-25/h2-17,22,35H,18-21H2,1H3,(H,34,38). The quantitative estimate of drug-likeness (QED) is 0.274. The number of carbonyl (C=O) groups is 2. The Balaban J connectivity index is 1.24. The summed E-state index contributed by atoms with van der Waals surface area (Å²) in [6.07, 6.45) is 0. The van der Waals surface area contributed by atoms with Crippen LogP contribution in [0.5, 0.6) is 0 Å². The molecule has 5 aromatic rings. The van der Waals surface area contributed by atoms with E-state index in [9.17, 15) is 18.0 Å². The summed E-state index contributed by atoms with van der Waals surface area (Å²) in [5.41, 5.74) is 6.16. The molecule has 0 spiro atoms. The van der Waals surface area contributed by atoms with Gasteiger partial charge in [-0.25, -0.2) is 8.42 Å². The summed E-state index contributed by atoms with van der Waals surface area (Å²) in [7, 11) is -3.73. The van der Waals surface area contributed by atoms with Gasteiger partial charge in [0, 0.05) is 60.8 Å². The van der Waals surface area contributed by atoms with Crippen molar-refractivity contribution in [3.8, 4) is 22.4 Å². The summed E-state index contributed by atoms with van der Waals surface area (Å²) < 4.78 is 27.9. The molecule has 0 bridgehead atoms. The van der Waals surface area contributed by atoms with Crippen LogP contribution in [0, 0.1) is 0 Å². The van der Waals surface area contributed by atoms with Crippen LogP contribution >= 0.6 is 0 Å². The number of aromatic nitrogens is 1. The third-order valence-electron chi connectivity index (χ3n) is 7.51. The third kappa shape index (κ3) is 5.32. The first-order valence-corrected chi connectivity index (χ1v) is 15.2. The maximum atomic E-state index is 13.6. The van der Waals surface area contributed by atoms with Gasteiger partial charge in [0.2, 0.25) is 15.9 Å². The predicted molar refractivity (Wildman–Crippen MR) is 165 cm³/mol. The molecule has 0 saturated carbocycles. The highest BCUT2D eigenvalue weighted by Gasteiger charge is 2.31. The van der Waals surface area contributed by atoms with Crippen LogP contribution in [0.3, 0.4) is 0 Å². The molecule has 1 fully saturated rings. The van der Waals surface area contributed by atoms with E-state index in [0.717, 1.165) is 33.3 Å². The average molecular weight is 579 g/mol. The Kier molecular flexibility index (Phi) is 7.36. The zero-order chi connectivity index (χ0) is 29.3. The molecule has 212 valence electrons. The zero-order valence-electron chi connectivity index (χ0n) is 23.1. The van der Waals surface area contributed by atoms with Gasteiger partial charge in [0.25, 0.3) is 5.91 Å². The molecule has 1 aliphatic rings. The van der Waals surface area contributed by atoms with Crippen LogP contribution in [0.25, 0.3) is 33.3 Å². The van der Waals surface area contributed by atoms with E-state index in [1.807, 2.05) is 54.6 Å².